The minimum absolute atomic E-state index is 0.0506. The quantitative estimate of drug-likeness (QED) is 0.139. The van der Waals surface area contributed by atoms with Crippen LogP contribution < -0.4 is 10.1 Å². The van der Waals surface area contributed by atoms with Gasteiger partial charge in [-0.1, -0.05) is 67.6 Å². The standard InChI is InChI=1S/C32H29F3N2O5/c1-2-28-25(37-30(42-28)23-11-7-4-8-12-23)17-18-41-24-15-13-21(14-16-24)19-26(31(39)40)36-29(32(33,34)35)20-27(38)22-9-5-3-6-10-22/h3-16,20,26,36H,2,17-19H2,1H3,(H,39,40)/t26-/m0/s1. The van der Waals surface area contributed by atoms with Gasteiger partial charge in [0.1, 0.15) is 23.2 Å². The normalized spacial score (nSPS) is 12.5. The first-order valence-electron chi connectivity index (χ1n) is 13.3. The fourth-order valence-electron chi connectivity index (χ4n) is 4.19. The smallest absolute Gasteiger partial charge is 0.431 e. The van der Waals surface area contributed by atoms with Crippen LogP contribution in [0.25, 0.3) is 11.5 Å². The first kappa shape index (κ1) is 30.1. The van der Waals surface area contributed by atoms with Crippen molar-refractivity contribution < 1.29 is 37.0 Å². The molecule has 0 aliphatic rings. The van der Waals surface area contributed by atoms with E-state index in [-0.39, 0.29) is 12.0 Å². The van der Waals surface area contributed by atoms with Gasteiger partial charge in [0.25, 0.3) is 0 Å². The number of ether oxygens (including phenoxy) is 1. The molecule has 1 atom stereocenters. The number of benzene rings is 3. The molecule has 0 amide bonds. The van der Waals surface area contributed by atoms with Gasteiger partial charge in [-0.15, -0.1) is 0 Å². The average molecular weight is 579 g/mol. The summed E-state index contributed by atoms with van der Waals surface area (Å²) in [5.74, 6) is -0.562. The van der Waals surface area contributed by atoms with E-state index in [2.05, 4.69) is 4.98 Å². The Morgan fingerprint density at radius 2 is 1.64 bits per heavy atom. The molecule has 0 aliphatic heterocycles. The second kappa shape index (κ2) is 13.7. The lowest BCUT2D eigenvalue weighted by Gasteiger charge is -2.20. The van der Waals surface area contributed by atoms with E-state index in [0.29, 0.717) is 42.7 Å². The molecule has 0 saturated carbocycles. The SMILES string of the molecule is CCc1oc(-c2ccccc2)nc1CCOc1ccc(C[C@H](NC(=CC(=O)c2ccccc2)C(F)(F)F)C(=O)O)cc1. The third-order valence-corrected chi connectivity index (χ3v) is 6.36. The monoisotopic (exact) mass is 578 g/mol. The van der Waals surface area contributed by atoms with Crippen LogP contribution in [0.15, 0.2) is 101 Å². The van der Waals surface area contributed by atoms with Gasteiger partial charge in [-0.05, 0) is 29.8 Å². The molecule has 0 fully saturated rings. The molecule has 0 bridgehead atoms. The maximum Gasteiger partial charge on any atom is 0.431 e. The Bertz CT molecular complexity index is 1520. The zero-order chi connectivity index (χ0) is 30.1. The van der Waals surface area contributed by atoms with Crippen LogP contribution in [0.1, 0.15) is 34.3 Å². The van der Waals surface area contributed by atoms with Crippen molar-refractivity contribution in [3.63, 3.8) is 0 Å². The number of oxazole rings is 1. The summed E-state index contributed by atoms with van der Waals surface area (Å²) in [6.45, 7) is 2.29. The summed E-state index contributed by atoms with van der Waals surface area (Å²) in [6.07, 6.45) is -3.67. The lowest BCUT2D eigenvalue weighted by molar-refractivity contribution is -0.140. The molecular weight excluding hydrogens is 549 g/mol. The topological polar surface area (TPSA) is 102 Å². The predicted octanol–water partition coefficient (Wildman–Crippen LogP) is 6.44. The molecule has 2 N–H and O–H groups in total. The second-order valence-corrected chi connectivity index (χ2v) is 9.38. The number of carbonyl (C=O) groups is 2. The molecule has 0 unspecified atom stereocenters. The van der Waals surface area contributed by atoms with Crippen molar-refractivity contribution in [2.45, 2.75) is 38.4 Å². The molecule has 218 valence electrons. The highest BCUT2D eigenvalue weighted by Crippen LogP contribution is 2.26. The first-order valence-corrected chi connectivity index (χ1v) is 13.3. The van der Waals surface area contributed by atoms with Crippen molar-refractivity contribution in [3.05, 3.63) is 119 Å². The summed E-state index contributed by atoms with van der Waals surface area (Å²) in [5.41, 5.74) is 0.760. The van der Waals surface area contributed by atoms with Crippen LogP contribution in [0.4, 0.5) is 13.2 Å². The highest BCUT2D eigenvalue weighted by molar-refractivity contribution is 6.05. The second-order valence-electron chi connectivity index (χ2n) is 9.38. The Morgan fingerprint density at radius 3 is 2.24 bits per heavy atom. The molecular formula is C32H29F3N2O5. The number of carbonyl (C=O) groups excluding carboxylic acids is 1. The molecule has 3 aromatic carbocycles. The van der Waals surface area contributed by atoms with E-state index in [4.69, 9.17) is 9.15 Å². The molecule has 1 aromatic heterocycles. The highest BCUT2D eigenvalue weighted by atomic mass is 19.4. The number of nitrogens with one attached hydrogen (secondary N) is 1. The molecule has 0 spiro atoms. The number of alkyl halides is 3. The highest BCUT2D eigenvalue weighted by Gasteiger charge is 2.37. The van der Waals surface area contributed by atoms with Crippen LogP contribution in [-0.2, 0) is 24.1 Å². The maximum absolute atomic E-state index is 13.7. The number of rotatable bonds is 13. The van der Waals surface area contributed by atoms with Gasteiger partial charge >= 0.3 is 12.1 Å². The van der Waals surface area contributed by atoms with Crippen LogP contribution in [-0.4, -0.2) is 40.7 Å². The Hall–Kier alpha value is -4.86. The van der Waals surface area contributed by atoms with E-state index in [1.54, 1.807) is 30.3 Å². The lowest BCUT2D eigenvalue weighted by Crippen LogP contribution is -2.42. The Balaban J connectivity index is 1.38. The van der Waals surface area contributed by atoms with Crippen molar-refractivity contribution in [2.75, 3.05) is 6.61 Å². The fraction of sp³-hybridized carbons (Fsp3) is 0.219. The third kappa shape index (κ3) is 8.09. The number of aliphatic carboxylic acids is 1. The Kier molecular flexibility index (Phi) is 9.80. The number of carboxylic acids is 1. The van der Waals surface area contributed by atoms with E-state index >= 15 is 0 Å². The molecule has 0 saturated heterocycles. The predicted molar refractivity (Wildman–Crippen MR) is 150 cm³/mol. The van der Waals surface area contributed by atoms with E-state index in [1.165, 1.54) is 24.3 Å². The number of allylic oxidation sites excluding steroid dienone is 2. The van der Waals surface area contributed by atoms with Crippen molar-refractivity contribution in [1.82, 2.24) is 10.3 Å². The fourth-order valence-corrected chi connectivity index (χ4v) is 4.19. The largest absolute Gasteiger partial charge is 0.493 e. The van der Waals surface area contributed by atoms with Crippen LogP contribution in [0.2, 0.25) is 0 Å². The number of hydrogen-bond donors (Lipinski definition) is 2. The molecule has 1 heterocycles. The molecule has 10 heteroatoms. The van der Waals surface area contributed by atoms with Gasteiger partial charge in [-0.3, -0.25) is 4.79 Å². The van der Waals surface area contributed by atoms with Crippen LogP contribution in [0.5, 0.6) is 5.75 Å². The Morgan fingerprint density at radius 1 is 1.00 bits per heavy atom. The molecule has 7 nitrogen and oxygen atoms in total. The van der Waals surface area contributed by atoms with Crippen LogP contribution >= 0.6 is 0 Å². The number of aromatic nitrogens is 1. The number of halogens is 3. The van der Waals surface area contributed by atoms with Gasteiger partial charge in [0.2, 0.25) is 5.89 Å². The van der Waals surface area contributed by atoms with E-state index in [9.17, 15) is 27.9 Å². The summed E-state index contributed by atoms with van der Waals surface area (Å²) in [6, 6.07) is 21.8. The van der Waals surface area contributed by atoms with Gasteiger partial charge in [0, 0.05) is 36.5 Å². The average Bonchev–Trinajstić information content (AvgIpc) is 3.40. The van der Waals surface area contributed by atoms with Crippen molar-refractivity contribution >= 4 is 11.8 Å². The Labute approximate surface area is 240 Å². The minimum Gasteiger partial charge on any atom is -0.493 e. The minimum atomic E-state index is -4.96. The summed E-state index contributed by atoms with van der Waals surface area (Å²) in [5, 5.41) is 11.6. The number of ketones is 1. The van der Waals surface area contributed by atoms with Gasteiger partial charge in [0.15, 0.2) is 5.78 Å². The summed E-state index contributed by atoms with van der Waals surface area (Å²) >= 11 is 0. The van der Waals surface area contributed by atoms with Gasteiger partial charge in [-0.2, -0.15) is 13.2 Å². The molecule has 4 aromatic rings. The lowest BCUT2D eigenvalue weighted by atomic mass is 10.0. The first-order chi connectivity index (χ1) is 20.1. The molecule has 0 radical (unpaired) electrons. The third-order valence-electron chi connectivity index (χ3n) is 6.36. The summed E-state index contributed by atoms with van der Waals surface area (Å²) in [7, 11) is 0. The zero-order valence-electron chi connectivity index (χ0n) is 22.7. The van der Waals surface area contributed by atoms with Crippen molar-refractivity contribution in [3.8, 4) is 17.2 Å². The van der Waals surface area contributed by atoms with Gasteiger partial charge < -0.3 is 19.6 Å². The number of aryl methyl sites for hydroxylation is 1. The number of hydrogen-bond acceptors (Lipinski definition) is 6. The van der Waals surface area contributed by atoms with Crippen LogP contribution in [0.3, 0.4) is 0 Å². The number of nitrogens with zero attached hydrogens (tertiary/aromatic N) is 1. The summed E-state index contributed by atoms with van der Waals surface area (Å²) < 4.78 is 52.8. The molecule has 42 heavy (non-hydrogen) atoms. The van der Waals surface area contributed by atoms with E-state index in [1.807, 2.05) is 42.6 Å². The van der Waals surface area contributed by atoms with E-state index < -0.39 is 29.7 Å². The van der Waals surface area contributed by atoms with Crippen molar-refractivity contribution in [1.29, 1.82) is 0 Å². The van der Waals surface area contributed by atoms with Gasteiger partial charge in [0.05, 0.1) is 12.3 Å². The summed E-state index contributed by atoms with van der Waals surface area (Å²) in [4.78, 5) is 28.8. The molecule has 0 aliphatic carbocycles. The van der Waals surface area contributed by atoms with E-state index in [0.717, 1.165) is 17.0 Å². The van der Waals surface area contributed by atoms with Gasteiger partial charge in [-0.25, -0.2) is 9.78 Å². The maximum atomic E-state index is 13.7. The van der Waals surface area contributed by atoms with Crippen LogP contribution in [0, 0.1) is 0 Å². The van der Waals surface area contributed by atoms with Crippen molar-refractivity contribution in [2.24, 2.45) is 0 Å². The molecule has 4 rings (SSSR count). The zero-order valence-corrected chi connectivity index (χ0v) is 22.7. The number of carboxylic acid groups (broad SMARTS) is 1.